The Morgan fingerprint density at radius 1 is 1.00 bits per heavy atom. The van der Waals surface area contributed by atoms with E-state index in [2.05, 4.69) is 10.2 Å². The van der Waals surface area contributed by atoms with Crippen LogP contribution < -0.4 is 5.32 Å². The van der Waals surface area contributed by atoms with Gasteiger partial charge in [0.1, 0.15) is 0 Å². The number of piperidine rings is 2. The van der Waals surface area contributed by atoms with Gasteiger partial charge in [-0.15, -0.1) is 24.8 Å². The zero-order valence-electron chi connectivity index (χ0n) is 9.25. The summed E-state index contributed by atoms with van der Waals surface area (Å²) in [5.74, 6) is -2.40. The Kier molecular flexibility index (Phi) is 7.10. The SMILES string of the molecule is Cl.Cl.FC1(F)CCN(C2CCNCC2)CC1. The van der Waals surface area contributed by atoms with Gasteiger partial charge in [-0.05, 0) is 25.9 Å². The summed E-state index contributed by atoms with van der Waals surface area (Å²) in [6.07, 6.45) is 2.34. The van der Waals surface area contributed by atoms with Crippen LogP contribution in [0.5, 0.6) is 0 Å². The molecular formula is C10H20Cl2F2N2. The molecule has 16 heavy (non-hydrogen) atoms. The monoisotopic (exact) mass is 276 g/mol. The molecule has 0 radical (unpaired) electrons. The van der Waals surface area contributed by atoms with Gasteiger partial charge in [0.15, 0.2) is 0 Å². The molecule has 0 unspecified atom stereocenters. The van der Waals surface area contributed by atoms with E-state index < -0.39 is 5.92 Å². The maximum atomic E-state index is 12.9. The third-order valence-electron chi connectivity index (χ3n) is 3.35. The molecule has 2 saturated heterocycles. The van der Waals surface area contributed by atoms with Crippen molar-refractivity contribution in [3.63, 3.8) is 0 Å². The molecule has 0 saturated carbocycles. The van der Waals surface area contributed by atoms with E-state index in [0.717, 1.165) is 25.9 Å². The van der Waals surface area contributed by atoms with Crippen LogP contribution in [-0.4, -0.2) is 43.0 Å². The number of rotatable bonds is 1. The smallest absolute Gasteiger partial charge is 0.250 e. The molecule has 2 aliphatic rings. The van der Waals surface area contributed by atoms with Crippen molar-refractivity contribution in [2.45, 2.75) is 37.6 Å². The molecule has 1 N–H and O–H groups in total. The lowest BCUT2D eigenvalue weighted by atomic mass is 9.99. The van der Waals surface area contributed by atoms with Crippen LogP contribution in [0.15, 0.2) is 0 Å². The summed E-state index contributed by atoms with van der Waals surface area (Å²) in [5.41, 5.74) is 0. The van der Waals surface area contributed by atoms with Crippen molar-refractivity contribution in [3.05, 3.63) is 0 Å². The van der Waals surface area contributed by atoms with E-state index in [4.69, 9.17) is 0 Å². The van der Waals surface area contributed by atoms with Crippen molar-refractivity contribution in [2.24, 2.45) is 0 Å². The predicted octanol–water partition coefficient (Wildman–Crippen LogP) is 2.31. The van der Waals surface area contributed by atoms with Gasteiger partial charge in [0.2, 0.25) is 0 Å². The molecule has 0 aromatic rings. The highest BCUT2D eigenvalue weighted by Crippen LogP contribution is 2.29. The van der Waals surface area contributed by atoms with Gasteiger partial charge in [0, 0.05) is 32.0 Å². The first-order valence-corrected chi connectivity index (χ1v) is 5.50. The second-order valence-electron chi connectivity index (χ2n) is 4.37. The third-order valence-corrected chi connectivity index (χ3v) is 3.35. The number of nitrogens with one attached hydrogen (secondary N) is 1. The van der Waals surface area contributed by atoms with Crippen LogP contribution in [0.3, 0.4) is 0 Å². The quantitative estimate of drug-likeness (QED) is 0.791. The fourth-order valence-electron chi connectivity index (χ4n) is 2.39. The molecule has 98 valence electrons. The van der Waals surface area contributed by atoms with E-state index in [1.54, 1.807) is 0 Å². The number of alkyl halides is 2. The van der Waals surface area contributed by atoms with E-state index in [0.29, 0.717) is 19.1 Å². The van der Waals surface area contributed by atoms with Crippen molar-refractivity contribution in [1.29, 1.82) is 0 Å². The Hall–Kier alpha value is 0.360. The van der Waals surface area contributed by atoms with E-state index in [-0.39, 0.29) is 37.7 Å². The lowest BCUT2D eigenvalue weighted by Crippen LogP contribution is -2.48. The Morgan fingerprint density at radius 3 is 2.00 bits per heavy atom. The fourth-order valence-corrected chi connectivity index (χ4v) is 2.39. The van der Waals surface area contributed by atoms with Crippen molar-refractivity contribution >= 4 is 24.8 Å². The third kappa shape index (κ3) is 4.32. The fraction of sp³-hybridized carbons (Fsp3) is 1.00. The summed E-state index contributed by atoms with van der Waals surface area (Å²) < 4.78 is 25.8. The molecule has 0 aromatic heterocycles. The van der Waals surface area contributed by atoms with Gasteiger partial charge in [0.05, 0.1) is 0 Å². The summed E-state index contributed by atoms with van der Waals surface area (Å²) in [5, 5.41) is 3.30. The minimum absolute atomic E-state index is 0. The molecule has 2 aliphatic heterocycles. The normalized spacial score (nSPS) is 26.6. The van der Waals surface area contributed by atoms with Gasteiger partial charge >= 0.3 is 0 Å². The summed E-state index contributed by atoms with van der Waals surface area (Å²) in [6.45, 7) is 3.24. The zero-order chi connectivity index (χ0) is 10.0. The average molecular weight is 277 g/mol. The molecule has 0 atom stereocenters. The van der Waals surface area contributed by atoms with E-state index in [1.165, 1.54) is 0 Å². The highest BCUT2D eigenvalue weighted by atomic mass is 35.5. The molecular weight excluding hydrogens is 257 g/mol. The van der Waals surface area contributed by atoms with Gasteiger partial charge < -0.3 is 5.32 Å². The van der Waals surface area contributed by atoms with Gasteiger partial charge in [-0.2, -0.15) is 0 Å². The van der Waals surface area contributed by atoms with Crippen LogP contribution in [0.25, 0.3) is 0 Å². The van der Waals surface area contributed by atoms with Crippen LogP contribution >= 0.6 is 24.8 Å². The van der Waals surface area contributed by atoms with Gasteiger partial charge in [-0.25, -0.2) is 8.78 Å². The number of hydrogen-bond donors (Lipinski definition) is 1. The van der Waals surface area contributed by atoms with Gasteiger partial charge in [-0.1, -0.05) is 0 Å². The first-order chi connectivity index (χ1) is 6.67. The van der Waals surface area contributed by atoms with Crippen LogP contribution in [0.4, 0.5) is 8.78 Å². The van der Waals surface area contributed by atoms with Crippen LogP contribution in [0.2, 0.25) is 0 Å². The molecule has 6 heteroatoms. The van der Waals surface area contributed by atoms with E-state index in [9.17, 15) is 8.78 Å². The summed E-state index contributed by atoms with van der Waals surface area (Å²) in [6, 6.07) is 0.548. The first-order valence-electron chi connectivity index (χ1n) is 5.50. The molecule has 0 spiro atoms. The minimum Gasteiger partial charge on any atom is -0.317 e. The molecule has 2 nitrogen and oxygen atoms in total. The molecule has 0 aliphatic carbocycles. The molecule has 2 rings (SSSR count). The number of hydrogen-bond acceptors (Lipinski definition) is 2. The topological polar surface area (TPSA) is 15.3 Å². The second kappa shape index (κ2) is 6.94. The minimum atomic E-state index is -2.40. The largest absolute Gasteiger partial charge is 0.317 e. The second-order valence-corrected chi connectivity index (χ2v) is 4.37. The van der Waals surface area contributed by atoms with Gasteiger partial charge in [-0.3, -0.25) is 4.90 Å². The van der Waals surface area contributed by atoms with Crippen molar-refractivity contribution < 1.29 is 8.78 Å². The standard InChI is InChI=1S/C10H18F2N2.2ClH/c11-10(12)3-7-14(8-4-10)9-1-5-13-6-2-9;;/h9,13H,1-8H2;2*1H. The van der Waals surface area contributed by atoms with Crippen molar-refractivity contribution in [1.82, 2.24) is 10.2 Å². The number of nitrogens with zero attached hydrogens (tertiary/aromatic N) is 1. The van der Waals surface area contributed by atoms with Crippen LogP contribution in [0.1, 0.15) is 25.7 Å². The summed E-state index contributed by atoms with van der Waals surface area (Å²) in [4.78, 5) is 2.25. The van der Waals surface area contributed by atoms with Crippen molar-refractivity contribution in [3.8, 4) is 0 Å². The average Bonchev–Trinajstić information content (AvgIpc) is 2.19. The Morgan fingerprint density at radius 2 is 1.50 bits per heavy atom. The van der Waals surface area contributed by atoms with E-state index in [1.807, 2.05) is 0 Å². The predicted molar refractivity (Wildman–Crippen MR) is 66.1 cm³/mol. The molecule has 0 amide bonds. The Balaban J connectivity index is 0.00000112. The van der Waals surface area contributed by atoms with Crippen LogP contribution in [0, 0.1) is 0 Å². The summed E-state index contributed by atoms with van der Waals surface area (Å²) >= 11 is 0. The summed E-state index contributed by atoms with van der Waals surface area (Å²) in [7, 11) is 0. The number of halogens is 4. The van der Waals surface area contributed by atoms with Gasteiger partial charge in [0.25, 0.3) is 5.92 Å². The maximum absolute atomic E-state index is 12.9. The molecule has 0 aromatic carbocycles. The number of likely N-dealkylation sites (tertiary alicyclic amines) is 1. The Labute approximate surface area is 108 Å². The lowest BCUT2D eigenvalue weighted by molar-refractivity contribution is -0.0650. The maximum Gasteiger partial charge on any atom is 0.250 e. The highest BCUT2D eigenvalue weighted by Gasteiger charge is 2.36. The highest BCUT2D eigenvalue weighted by molar-refractivity contribution is 5.85. The van der Waals surface area contributed by atoms with Crippen LogP contribution in [-0.2, 0) is 0 Å². The van der Waals surface area contributed by atoms with E-state index >= 15 is 0 Å². The first kappa shape index (κ1) is 16.4. The van der Waals surface area contributed by atoms with Crippen molar-refractivity contribution in [2.75, 3.05) is 26.2 Å². The molecule has 2 heterocycles. The lowest BCUT2D eigenvalue weighted by Gasteiger charge is -2.39. The Bertz CT molecular complexity index is 189. The molecule has 0 bridgehead atoms. The molecule has 2 fully saturated rings. The zero-order valence-corrected chi connectivity index (χ0v) is 10.9.